The van der Waals surface area contributed by atoms with Crippen molar-refractivity contribution >= 4 is 23.9 Å². The molecule has 0 aromatic rings. The number of carboxylic acid groups (broad SMARTS) is 2. The summed E-state index contributed by atoms with van der Waals surface area (Å²) in [6.45, 7) is 5.16. The topological polar surface area (TPSA) is 136 Å². The molecule has 0 aromatic carbocycles. The highest BCUT2D eigenvalue weighted by Gasteiger charge is 2.25. The number of amides is 3. The summed E-state index contributed by atoms with van der Waals surface area (Å²) in [4.78, 5) is 45.4. The molecule has 0 aromatic heterocycles. The van der Waals surface area contributed by atoms with Crippen molar-refractivity contribution in [3.05, 3.63) is 0 Å². The van der Waals surface area contributed by atoms with Crippen LogP contribution in [0.5, 0.6) is 0 Å². The second-order valence-corrected chi connectivity index (χ2v) is 5.55. The number of aliphatic carboxylic acids is 2. The van der Waals surface area contributed by atoms with E-state index in [-0.39, 0.29) is 0 Å². The van der Waals surface area contributed by atoms with Crippen LogP contribution in [0.3, 0.4) is 0 Å². The molecule has 0 spiro atoms. The van der Waals surface area contributed by atoms with E-state index in [4.69, 9.17) is 10.2 Å². The quantitative estimate of drug-likeness (QED) is 0.521. The van der Waals surface area contributed by atoms with Crippen molar-refractivity contribution in [2.45, 2.75) is 39.3 Å². The molecule has 0 aliphatic rings. The first-order valence-corrected chi connectivity index (χ1v) is 6.23. The number of carbonyl (C=O) groups excluding carboxylic acids is 2. The van der Waals surface area contributed by atoms with Gasteiger partial charge < -0.3 is 25.7 Å². The molecule has 0 saturated carbocycles. The van der Waals surface area contributed by atoms with Gasteiger partial charge in [0, 0.05) is 5.54 Å². The van der Waals surface area contributed by atoms with Gasteiger partial charge in [0.1, 0.15) is 19.1 Å². The van der Waals surface area contributed by atoms with Crippen molar-refractivity contribution in [2.24, 2.45) is 0 Å². The fourth-order valence-corrected chi connectivity index (χ4v) is 1.35. The summed E-state index contributed by atoms with van der Waals surface area (Å²) in [5, 5.41) is 22.2. The molecule has 0 rings (SSSR count). The SMILES string of the molecule is CC(NC(=O)N(CC(=O)O)CC(=O)O)C(=O)NC(C)(C)C. The molecular formula is C12H21N3O6. The molecule has 0 fully saturated rings. The number of hydrogen-bond donors (Lipinski definition) is 4. The van der Waals surface area contributed by atoms with Crippen molar-refractivity contribution in [1.29, 1.82) is 0 Å². The average Bonchev–Trinajstić information content (AvgIpc) is 2.24. The Balaban J connectivity index is 4.69. The molecule has 0 bridgehead atoms. The Morgan fingerprint density at radius 2 is 1.48 bits per heavy atom. The van der Waals surface area contributed by atoms with E-state index in [1.54, 1.807) is 20.8 Å². The van der Waals surface area contributed by atoms with Crippen LogP contribution in [-0.2, 0) is 14.4 Å². The largest absolute Gasteiger partial charge is 0.480 e. The maximum Gasteiger partial charge on any atom is 0.323 e. The molecule has 9 nitrogen and oxygen atoms in total. The van der Waals surface area contributed by atoms with Crippen molar-refractivity contribution < 1.29 is 29.4 Å². The first-order chi connectivity index (χ1) is 9.42. The number of nitrogens with zero attached hydrogens (tertiary/aromatic N) is 1. The molecule has 0 radical (unpaired) electrons. The average molecular weight is 303 g/mol. The molecule has 9 heteroatoms. The van der Waals surface area contributed by atoms with Crippen LogP contribution < -0.4 is 10.6 Å². The number of carboxylic acids is 2. The van der Waals surface area contributed by atoms with E-state index in [9.17, 15) is 19.2 Å². The third-order valence-corrected chi connectivity index (χ3v) is 2.17. The molecule has 0 aliphatic carbocycles. The Hall–Kier alpha value is -2.32. The highest BCUT2D eigenvalue weighted by atomic mass is 16.4. The van der Waals surface area contributed by atoms with Crippen molar-refractivity contribution in [2.75, 3.05) is 13.1 Å². The van der Waals surface area contributed by atoms with Gasteiger partial charge in [0.25, 0.3) is 0 Å². The van der Waals surface area contributed by atoms with E-state index in [0.717, 1.165) is 0 Å². The summed E-state index contributed by atoms with van der Waals surface area (Å²) in [7, 11) is 0. The zero-order valence-electron chi connectivity index (χ0n) is 12.5. The Bertz CT molecular complexity index is 413. The van der Waals surface area contributed by atoms with Gasteiger partial charge in [-0.3, -0.25) is 14.4 Å². The van der Waals surface area contributed by atoms with Crippen LogP contribution in [-0.4, -0.2) is 63.7 Å². The van der Waals surface area contributed by atoms with Crippen LogP contribution >= 0.6 is 0 Å². The molecule has 0 saturated heterocycles. The molecule has 1 unspecified atom stereocenters. The minimum atomic E-state index is -1.35. The highest BCUT2D eigenvalue weighted by Crippen LogP contribution is 2.00. The predicted octanol–water partition coefficient (Wildman–Crippen LogP) is -0.530. The predicted molar refractivity (Wildman–Crippen MR) is 72.7 cm³/mol. The summed E-state index contributed by atoms with van der Waals surface area (Å²) in [6.07, 6.45) is 0. The van der Waals surface area contributed by atoms with Crippen LogP contribution in [0.1, 0.15) is 27.7 Å². The molecule has 4 N–H and O–H groups in total. The summed E-state index contributed by atoms with van der Waals surface area (Å²) in [5.41, 5.74) is -0.488. The normalized spacial score (nSPS) is 12.2. The number of urea groups is 1. The van der Waals surface area contributed by atoms with Crippen LogP contribution in [0.2, 0.25) is 0 Å². The Morgan fingerprint density at radius 1 is 1.05 bits per heavy atom. The Kier molecular flexibility index (Phi) is 6.64. The van der Waals surface area contributed by atoms with Gasteiger partial charge in [-0.1, -0.05) is 0 Å². The Morgan fingerprint density at radius 3 is 1.81 bits per heavy atom. The van der Waals surface area contributed by atoms with Gasteiger partial charge in [0.2, 0.25) is 5.91 Å². The van der Waals surface area contributed by atoms with Crippen LogP contribution in [0.25, 0.3) is 0 Å². The van der Waals surface area contributed by atoms with Crippen molar-refractivity contribution in [3.8, 4) is 0 Å². The smallest absolute Gasteiger partial charge is 0.323 e. The lowest BCUT2D eigenvalue weighted by Crippen LogP contribution is -2.54. The van der Waals surface area contributed by atoms with E-state index in [1.165, 1.54) is 6.92 Å². The van der Waals surface area contributed by atoms with E-state index < -0.39 is 48.5 Å². The van der Waals surface area contributed by atoms with Gasteiger partial charge >= 0.3 is 18.0 Å². The lowest BCUT2D eigenvalue weighted by atomic mass is 10.1. The Labute approximate surface area is 122 Å². The number of carbonyl (C=O) groups is 4. The van der Waals surface area contributed by atoms with Gasteiger partial charge in [0.05, 0.1) is 0 Å². The summed E-state index contributed by atoms with van der Waals surface area (Å²) in [6, 6.07) is -1.86. The van der Waals surface area contributed by atoms with Gasteiger partial charge in [0.15, 0.2) is 0 Å². The fourth-order valence-electron chi connectivity index (χ4n) is 1.35. The number of rotatable bonds is 6. The molecule has 0 aliphatic heterocycles. The lowest BCUT2D eigenvalue weighted by molar-refractivity contribution is -0.140. The summed E-state index contributed by atoms with van der Waals surface area (Å²) >= 11 is 0. The lowest BCUT2D eigenvalue weighted by Gasteiger charge is -2.25. The van der Waals surface area contributed by atoms with Crippen LogP contribution in [0.4, 0.5) is 4.79 Å². The first kappa shape index (κ1) is 18.7. The monoisotopic (exact) mass is 303 g/mol. The third-order valence-electron chi connectivity index (χ3n) is 2.17. The van der Waals surface area contributed by atoms with E-state index in [2.05, 4.69) is 10.6 Å². The molecule has 1 atom stereocenters. The van der Waals surface area contributed by atoms with E-state index in [0.29, 0.717) is 4.90 Å². The van der Waals surface area contributed by atoms with Gasteiger partial charge in [-0.15, -0.1) is 0 Å². The van der Waals surface area contributed by atoms with Crippen LogP contribution in [0, 0.1) is 0 Å². The van der Waals surface area contributed by atoms with E-state index >= 15 is 0 Å². The molecule has 3 amide bonds. The summed E-state index contributed by atoms with van der Waals surface area (Å²) < 4.78 is 0. The van der Waals surface area contributed by atoms with Gasteiger partial charge in [-0.25, -0.2) is 4.79 Å². The van der Waals surface area contributed by atoms with Crippen LogP contribution in [0.15, 0.2) is 0 Å². The third kappa shape index (κ3) is 8.45. The minimum absolute atomic E-state index is 0.457. The highest BCUT2D eigenvalue weighted by molar-refractivity contribution is 5.89. The van der Waals surface area contributed by atoms with Crippen molar-refractivity contribution in [3.63, 3.8) is 0 Å². The molecular weight excluding hydrogens is 282 g/mol. The van der Waals surface area contributed by atoms with E-state index in [1.807, 2.05) is 0 Å². The minimum Gasteiger partial charge on any atom is -0.480 e. The standard InChI is InChI=1S/C12H21N3O6/c1-7(10(20)14-12(2,3)4)13-11(21)15(5-8(16)17)6-9(18)19/h7H,5-6H2,1-4H3,(H,13,21)(H,14,20)(H,16,17)(H,18,19). The maximum absolute atomic E-state index is 11.8. The number of nitrogens with one attached hydrogen (secondary N) is 2. The molecule has 120 valence electrons. The van der Waals surface area contributed by atoms with Gasteiger partial charge in [-0.05, 0) is 27.7 Å². The zero-order valence-corrected chi connectivity index (χ0v) is 12.5. The maximum atomic E-state index is 11.8. The fraction of sp³-hybridized carbons (Fsp3) is 0.667. The number of hydrogen-bond acceptors (Lipinski definition) is 4. The second kappa shape index (κ2) is 7.46. The zero-order chi connectivity index (χ0) is 16.8. The molecule has 21 heavy (non-hydrogen) atoms. The van der Waals surface area contributed by atoms with Gasteiger partial charge in [-0.2, -0.15) is 0 Å². The second-order valence-electron chi connectivity index (χ2n) is 5.55. The van der Waals surface area contributed by atoms with Crippen molar-refractivity contribution in [1.82, 2.24) is 15.5 Å². The summed E-state index contributed by atoms with van der Waals surface area (Å²) in [5.74, 6) is -3.15. The first-order valence-electron chi connectivity index (χ1n) is 6.23. The molecule has 0 heterocycles.